The van der Waals surface area contributed by atoms with Gasteiger partial charge >= 0.3 is 17.9 Å². The van der Waals surface area contributed by atoms with Crippen LogP contribution in [0.15, 0.2) is 12.1 Å². The van der Waals surface area contributed by atoms with E-state index in [0.717, 1.165) is 38.6 Å². The Kier molecular flexibility index (Phi) is 8.16. The van der Waals surface area contributed by atoms with Crippen LogP contribution in [0.1, 0.15) is 38.0 Å². The van der Waals surface area contributed by atoms with E-state index in [4.69, 9.17) is 18.9 Å². The molecule has 5 atom stereocenters. The number of esters is 3. The van der Waals surface area contributed by atoms with Gasteiger partial charge < -0.3 is 24.1 Å². The van der Waals surface area contributed by atoms with Crippen molar-refractivity contribution in [3.63, 3.8) is 0 Å². The van der Waals surface area contributed by atoms with Gasteiger partial charge in [0.2, 0.25) is 0 Å². The maximum atomic E-state index is 14.6. The van der Waals surface area contributed by atoms with E-state index in [1.807, 2.05) is 0 Å². The summed E-state index contributed by atoms with van der Waals surface area (Å²) in [5.41, 5.74) is -1.36. The molecular weight excluding hydrogens is 426 g/mol. The molecule has 1 saturated heterocycles. The Morgan fingerprint density at radius 3 is 2.00 bits per heavy atom. The van der Waals surface area contributed by atoms with Gasteiger partial charge in [0, 0.05) is 38.0 Å². The van der Waals surface area contributed by atoms with E-state index in [0.29, 0.717) is 6.07 Å². The van der Waals surface area contributed by atoms with Gasteiger partial charge in [-0.3, -0.25) is 14.4 Å². The molecule has 2 rings (SSSR count). The molecule has 0 bridgehead atoms. The molecule has 8 nitrogen and oxygen atoms in total. The van der Waals surface area contributed by atoms with Crippen LogP contribution in [-0.4, -0.2) is 53.0 Å². The van der Waals surface area contributed by atoms with Crippen LogP contribution in [-0.2, 0) is 39.9 Å². The normalized spacial score (nSPS) is 26.0. The summed E-state index contributed by atoms with van der Waals surface area (Å²) in [6.07, 6.45) is -3.62. The molecule has 166 valence electrons. The molecule has 30 heavy (non-hydrogen) atoms. The number of rotatable bonds is 6. The van der Waals surface area contributed by atoms with E-state index >= 15 is 0 Å². The van der Waals surface area contributed by atoms with Gasteiger partial charge in [0.25, 0.3) is 0 Å². The highest BCUT2D eigenvalue weighted by atomic mass is 32.2. The second-order valence-electron chi connectivity index (χ2n) is 6.51. The third-order valence-electron chi connectivity index (χ3n) is 4.28. The van der Waals surface area contributed by atoms with Crippen molar-refractivity contribution < 1.29 is 47.2 Å². The van der Waals surface area contributed by atoms with Gasteiger partial charge in [0.15, 0.2) is 18.3 Å². The van der Waals surface area contributed by atoms with Crippen LogP contribution < -0.4 is 0 Å². The highest BCUT2D eigenvalue weighted by Gasteiger charge is 2.52. The molecular formula is C19H22F2O8S. The molecule has 1 aliphatic heterocycles. The van der Waals surface area contributed by atoms with E-state index < -0.39 is 66.0 Å². The molecule has 0 aromatic heterocycles. The lowest BCUT2D eigenvalue weighted by atomic mass is 9.92. The van der Waals surface area contributed by atoms with Crippen LogP contribution in [0.3, 0.4) is 0 Å². The predicted octanol–water partition coefficient (Wildman–Crippen LogP) is 2.01. The summed E-state index contributed by atoms with van der Waals surface area (Å²) in [4.78, 5) is 35.1. The molecule has 0 saturated carbocycles. The molecule has 11 heteroatoms. The lowest BCUT2D eigenvalue weighted by Gasteiger charge is -2.44. The third-order valence-corrected chi connectivity index (χ3v) is 5.12. The number of hydrogen-bond donors (Lipinski definition) is 1. The van der Waals surface area contributed by atoms with Gasteiger partial charge in [-0.1, -0.05) is 0 Å². The summed E-state index contributed by atoms with van der Waals surface area (Å²) in [5, 5.41) is 9.33. The summed E-state index contributed by atoms with van der Waals surface area (Å²) < 4.78 is 50.2. The van der Waals surface area contributed by atoms with Crippen molar-refractivity contribution in [3.8, 4) is 0 Å². The van der Waals surface area contributed by atoms with Crippen molar-refractivity contribution in [2.75, 3.05) is 6.26 Å². The van der Waals surface area contributed by atoms with E-state index in [1.165, 1.54) is 0 Å². The Bertz CT molecular complexity index is 818. The van der Waals surface area contributed by atoms with Crippen LogP contribution in [0, 0.1) is 11.6 Å². The number of ether oxygens (including phenoxy) is 4. The number of hydrogen-bond acceptors (Lipinski definition) is 9. The first-order valence-corrected chi connectivity index (χ1v) is 10.2. The van der Waals surface area contributed by atoms with Crippen molar-refractivity contribution in [1.29, 1.82) is 0 Å². The molecule has 1 aliphatic rings. The van der Waals surface area contributed by atoms with Crippen LogP contribution in [0.25, 0.3) is 0 Å². The number of carbonyl (C=O) groups is 3. The van der Waals surface area contributed by atoms with Gasteiger partial charge in [-0.2, -0.15) is 0 Å². The summed E-state index contributed by atoms with van der Waals surface area (Å²) in [6.45, 7) is 2.63. The van der Waals surface area contributed by atoms with Crippen LogP contribution in [0.4, 0.5) is 8.78 Å². The molecule has 1 heterocycles. The predicted molar refractivity (Wildman–Crippen MR) is 100 cm³/mol. The Morgan fingerprint density at radius 2 is 1.50 bits per heavy atom. The van der Waals surface area contributed by atoms with Gasteiger partial charge in [-0.15, -0.1) is 11.8 Å². The molecule has 0 unspecified atom stereocenters. The number of halogens is 2. The molecule has 0 amide bonds. The lowest BCUT2D eigenvalue weighted by molar-refractivity contribution is -0.233. The van der Waals surface area contributed by atoms with Crippen molar-refractivity contribution in [1.82, 2.24) is 0 Å². The van der Waals surface area contributed by atoms with E-state index in [-0.39, 0.29) is 11.1 Å². The van der Waals surface area contributed by atoms with Gasteiger partial charge in [-0.05, 0) is 12.3 Å². The number of thioether (sulfide) groups is 1. The van der Waals surface area contributed by atoms with Crippen molar-refractivity contribution in [2.45, 2.75) is 57.2 Å². The summed E-state index contributed by atoms with van der Waals surface area (Å²) in [7, 11) is 0. The Morgan fingerprint density at radius 1 is 0.967 bits per heavy atom. The smallest absolute Gasteiger partial charge is 0.303 e. The topological polar surface area (TPSA) is 108 Å². The second-order valence-corrected chi connectivity index (χ2v) is 7.44. The first-order chi connectivity index (χ1) is 14.1. The summed E-state index contributed by atoms with van der Waals surface area (Å²) >= 11 is 1.09. The number of aliphatic hydroxyl groups is 1. The van der Waals surface area contributed by atoms with Crippen LogP contribution >= 0.6 is 11.8 Å². The van der Waals surface area contributed by atoms with E-state index in [1.54, 1.807) is 6.26 Å². The van der Waals surface area contributed by atoms with Gasteiger partial charge in [0.05, 0.1) is 6.61 Å². The van der Waals surface area contributed by atoms with E-state index in [9.17, 15) is 28.3 Å². The number of carbonyl (C=O) groups excluding carboxylic acids is 3. The maximum absolute atomic E-state index is 14.6. The van der Waals surface area contributed by atoms with Crippen molar-refractivity contribution in [3.05, 3.63) is 34.9 Å². The monoisotopic (exact) mass is 448 g/mol. The van der Waals surface area contributed by atoms with E-state index in [2.05, 4.69) is 0 Å². The zero-order chi connectivity index (χ0) is 22.6. The average molecular weight is 448 g/mol. The zero-order valence-corrected chi connectivity index (χ0v) is 17.5. The minimum absolute atomic E-state index is 0.205. The highest BCUT2D eigenvalue weighted by molar-refractivity contribution is 7.99. The first kappa shape index (κ1) is 24.0. The average Bonchev–Trinajstić information content (AvgIpc) is 2.64. The highest BCUT2D eigenvalue weighted by Crippen LogP contribution is 2.41. The number of aliphatic hydroxyl groups excluding tert-OH is 1. The molecule has 1 N–H and O–H groups in total. The van der Waals surface area contributed by atoms with Crippen molar-refractivity contribution >= 4 is 29.7 Å². The largest absolute Gasteiger partial charge is 0.455 e. The molecule has 0 aliphatic carbocycles. The van der Waals surface area contributed by atoms with Crippen LogP contribution in [0.2, 0.25) is 0 Å². The maximum Gasteiger partial charge on any atom is 0.303 e. The fraction of sp³-hybridized carbons (Fsp3) is 0.526. The third kappa shape index (κ3) is 5.46. The lowest BCUT2D eigenvalue weighted by Crippen LogP contribution is -2.57. The minimum atomic E-state index is -1.41. The zero-order valence-electron chi connectivity index (χ0n) is 16.7. The first-order valence-electron chi connectivity index (χ1n) is 8.87. The molecule has 0 spiro atoms. The molecule has 1 aromatic carbocycles. The number of benzene rings is 1. The Hall–Kier alpha value is -2.24. The standard InChI is InChI=1S/C19H22F2O8S/c1-8(23)26-16-15(12-5-11(7-22)13(20)6-14(12)21)29-19(30-4)18(28-10(3)25)17(16)27-9(2)24/h5-6,15-19,22H,7H2,1-4H3/t15-,16-,17+,18-,19+/m0/s1. The fourth-order valence-electron chi connectivity index (χ4n) is 3.17. The quantitative estimate of drug-likeness (QED) is 0.516. The second kappa shape index (κ2) is 10.2. The summed E-state index contributed by atoms with van der Waals surface area (Å²) in [5.74, 6) is -4.23. The molecule has 0 radical (unpaired) electrons. The Balaban J connectivity index is 2.61. The SMILES string of the molecule is CS[C@H]1O[C@@H](c2cc(CO)c(F)cc2F)[C@H](OC(C)=O)[C@@H](OC(C)=O)[C@@H]1OC(C)=O. The van der Waals surface area contributed by atoms with Gasteiger partial charge in [0.1, 0.15) is 23.2 Å². The van der Waals surface area contributed by atoms with Crippen LogP contribution in [0.5, 0.6) is 0 Å². The minimum Gasteiger partial charge on any atom is -0.455 e. The summed E-state index contributed by atoms with van der Waals surface area (Å²) in [6, 6.07) is 1.61. The fourth-order valence-corrected chi connectivity index (χ4v) is 3.88. The molecule has 1 fully saturated rings. The van der Waals surface area contributed by atoms with Crippen molar-refractivity contribution in [2.24, 2.45) is 0 Å². The van der Waals surface area contributed by atoms with Gasteiger partial charge in [-0.25, -0.2) is 8.78 Å². The Labute approximate surface area is 175 Å². The molecule has 1 aromatic rings.